The third-order valence-electron chi connectivity index (χ3n) is 4.48. The Morgan fingerprint density at radius 1 is 1.15 bits per heavy atom. The number of thiophene rings is 1. The number of methoxy groups -OCH3 is 1. The largest absolute Gasteiger partial charge is 0.497 e. The quantitative estimate of drug-likeness (QED) is 0.517. The molecule has 136 valence electrons. The van der Waals surface area contributed by atoms with E-state index in [2.05, 4.69) is 5.32 Å². The van der Waals surface area contributed by atoms with E-state index in [0.29, 0.717) is 0 Å². The summed E-state index contributed by atoms with van der Waals surface area (Å²) in [5, 5.41) is 6.12. The Balaban J connectivity index is 1.55. The fourth-order valence-corrected chi connectivity index (χ4v) is 3.93. The molecule has 27 heavy (non-hydrogen) atoms. The van der Waals surface area contributed by atoms with E-state index < -0.39 is 0 Å². The molecule has 4 nitrogen and oxygen atoms in total. The van der Waals surface area contributed by atoms with Crippen molar-refractivity contribution in [1.82, 2.24) is 5.32 Å². The molecule has 2 aromatic heterocycles. The number of fused-ring (bicyclic) bond motifs is 1. The summed E-state index contributed by atoms with van der Waals surface area (Å²) in [6.45, 7) is 0. The summed E-state index contributed by atoms with van der Waals surface area (Å²) in [7, 11) is 1.62. The van der Waals surface area contributed by atoms with Crippen molar-refractivity contribution < 1.29 is 13.9 Å². The Bertz CT molecular complexity index is 1040. The summed E-state index contributed by atoms with van der Waals surface area (Å²) in [5.41, 5.74) is 2.65. The Morgan fingerprint density at radius 3 is 2.74 bits per heavy atom. The third kappa shape index (κ3) is 3.73. The summed E-state index contributed by atoms with van der Waals surface area (Å²) >= 11 is 1.64. The number of hydrogen-bond acceptors (Lipinski definition) is 4. The second-order valence-corrected chi connectivity index (χ2v) is 7.21. The molecule has 1 unspecified atom stereocenters. The Hall–Kier alpha value is -3.05. The Labute approximate surface area is 161 Å². The van der Waals surface area contributed by atoms with Crippen LogP contribution in [0.15, 0.2) is 76.7 Å². The van der Waals surface area contributed by atoms with Crippen LogP contribution in [0.4, 0.5) is 0 Å². The molecule has 5 heteroatoms. The molecular weight excluding hydrogens is 358 g/mol. The van der Waals surface area contributed by atoms with Crippen molar-refractivity contribution in [3.63, 3.8) is 0 Å². The number of carbonyl (C=O) groups is 1. The van der Waals surface area contributed by atoms with Crippen molar-refractivity contribution in [2.24, 2.45) is 0 Å². The van der Waals surface area contributed by atoms with E-state index in [1.54, 1.807) is 24.7 Å². The zero-order chi connectivity index (χ0) is 18.6. The molecule has 2 heterocycles. The molecule has 0 fully saturated rings. The first kappa shape index (κ1) is 17.4. The highest BCUT2D eigenvalue weighted by atomic mass is 32.1. The van der Waals surface area contributed by atoms with Crippen LogP contribution in [0.25, 0.3) is 11.0 Å². The van der Waals surface area contributed by atoms with Gasteiger partial charge in [0, 0.05) is 21.9 Å². The topological polar surface area (TPSA) is 51.5 Å². The van der Waals surface area contributed by atoms with Crippen LogP contribution >= 0.6 is 11.3 Å². The highest BCUT2D eigenvalue weighted by Gasteiger charge is 2.19. The van der Waals surface area contributed by atoms with Gasteiger partial charge < -0.3 is 14.5 Å². The zero-order valence-corrected chi connectivity index (χ0v) is 15.7. The average Bonchev–Trinajstić information content (AvgIpc) is 3.37. The molecular formula is C22H19NO3S. The number of benzene rings is 2. The van der Waals surface area contributed by atoms with E-state index in [1.807, 2.05) is 66.0 Å². The van der Waals surface area contributed by atoms with Gasteiger partial charge in [-0.15, -0.1) is 11.3 Å². The van der Waals surface area contributed by atoms with E-state index in [0.717, 1.165) is 32.7 Å². The van der Waals surface area contributed by atoms with Crippen LogP contribution in [0.5, 0.6) is 5.75 Å². The molecule has 1 amide bonds. The molecule has 0 bridgehead atoms. The standard InChI is InChI=1S/C22H19NO3S/c1-25-17-9-10-18-16(14-26-19(18)13-17)12-21(24)23-22(20-8-5-11-27-20)15-6-3-2-4-7-15/h2-11,13-14,22H,12H2,1H3,(H,23,24). The second-order valence-electron chi connectivity index (χ2n) is 6.23. The molecule has 1 N–H and O–H groups in total. The van der Waals surface area contributed by atoms with E-state index in [4.69, 9.17) is 9.15 Å². The van der Waals surface area contributed by atoms with Gasteiger partial charge in [-0.1, -0.05) is 36.4 Å². The van der Waals surface area contributed by atoms with E-state index in [1.165, 1.54) is 0 Å². The van der Waals surface area contributed by atoms with Crippen LogP contribution < -0.4 is 10.1 Å². The fraction of sp³-hybridized carbons (Fsp3) is 0.136. The molecule has 2 aromatic carbocycles. The first-order valence-corrected chi connectivity index (χ1v) is 9.54. The molecule has 0 saturated carbocycles. The first-order chi connectivity index (χ1) is 13.2. The number of hydrogen-bond donors (Lipinski definition) is 1. The van der Waals surface area contributed by atoms with Crippen molar-refractivity contribution in [3.8, 4) is 5.75 Å². The maximum Gasteiger partial charge on any atom is 0.225 e. The summed E-state index contributed by atoms with van der Waals surface area (Å²) in [4.78, 5) is 13.9. The van der Waals surface area contributed by atoms with Gasteiger partial charge in [-0.2, -0.15) is 0 Å². The first-order valence-electron chi connectivity index (χ1n) is 8.66. The van der Waals surface area contributed by atoms with Gasteiger partial charge in [0.05, 0.1) is 25.8 Å². The van der Waals surface area contributed by atoms with Gasteiger partial charge in [0.2, 0.25) is 5.91 Å². The lowest BCUT2D eigenvalue weighted by molar-refractivity contribution is -0.120. The molecule has 1 atom stereocenters. The van der Waals surface area contributed by atoms with Gasteiger partial charge in [0.15, 0.2) is 0 Å². The molecule has 0 saturated heterocycles. The normalized spacial score (nSPS) is 12.0. The van der Waals surface area contributed by atoms with Crippen molar-refractivity contribution >= 4 is 28.2 Å². The van der Waals surface area contributed by atoms with Crippen molar-refractivity contribution in [2.75, 3.05) is 7.11 Å². The molecule has 0 spiro atoms. The van der Waals surface area contributed by atoms with Crippen LogP contribution in [0.2, 0.25) is 0 Å². The van der Waals surface area contributed by atoms with Crippen molar-refractivity contribution in [2.45, 2.75) is 12.5 Å². The van der Waals surface area contributed by atoms with Crippen LogP contribution in [0.1, 0.15) is 22.0 Å². The molecule has 0 aliphatic heterocycles. The summed E-state index contributed by atoms with van der Waals surface area (Å²) in [5.74, 6) is 0.686. The summed E-state index contributed by atoms with van der Waals surface area (Å²) < 4.78 is 10.8. The summed E-state index contributed by atoms with van der Waals surface area (Å²) in [6.07, 6.45) is 1.90. The fourth-order valence-electron chi connectivity index (χ4n) is 3.13. The number of rotatable bonds is 6. The third-order valence-corrected chi connectivity index (χ3v) is 5.42. The van der Waals surface area contributed by atoms with Crippen molar-refractivity contribution in [1.29, 1.82) is 0 Å². The number of furan rings is 1. The van der Waals surface area contributed by atoms with Gasteiger partial charge >= 0.3 is 0 Å². The molecule has 4 rings (SSSR count). The highest BCUT2D eigenvalue weighted by Crippen LogP contribution is 2.28. The smallest absolute Gasteiger partial charge is 0.225 e. The van der Waals surface area contributed by atoms with Crippen molar-refractivity contribution in [3.05, 3.63) is 88.3 Å². The predicted octanol–water partition coefficient (Wildman–Crippen LogP) is 4.95. The second kappa shape index (κ2) is 7.68. The molecule has 0 aliphatic rings. The number of amides is 1. The Morgan fingerprint density at radius 2 is 2.00 bits per heavy atom. The van der Waals surface area contributed by atoms with Crippen LogP contribution in [0, 0.1) is 0 Å². The van der Waals surface area contributed by atoms with Gasteiger partial charge in [-0.3, -0.25) is 4.79 Å². The van der Waals surface area contributed by atoms with E-state index in [9.17, 15) is 4.79 Å². The average molecular weight is 377 g/mol. The maximum atomic E-state index is 12.8. The minimum atomic E-state index is -0.156. The van der Waals surface area contributed by atoms with Gasteiger partial charge in [-0.05, 0) is 29.1 Å². The molecule has 0 aliphatic carbocycles. The summed E-state index contributed by atoms with van der Waals surface area (Å²) in [6, 6.07) is 19.5. The number of nitrogens with one attached hydrogen (secondary N) is 1. The molecule has 4 aromatic rings. The zero-order valence-electron chi connectivity index (χ0n) is 14.8. The van der Waals surface area contributed by atoms with Gasteiger partial charge in [-0.25, -0.2) is 0 Å². The Kier molecular flexibility index (Phi) is 4.94. The van der Waals surface area contributed by atoms with E-state index in [-0.39, 0.29) is 18.4 Å². The number of ether oxygens (including phenoxy) is 1. The van der Waals surface area contributed by atoms with Gasteiger partial charge in [0.1, 0.15) is 11.3 Å². The van der Waals surface area contributed by atoms with Crippen LogP contribution in [0.3, 0.4) is 0 Å². The monoisotopic (exact) mass is 377 g/mol. The highest BCUT2D eigenvalue weighted by molar-refractivity contribution is 7.10. The van der Waals surface area contributed by atoms with E-state index >= 15 is 0 Å². The van der Waals surface area contributed by atoms with Crippen LogP contribution in [-0.4, -0.2) is 13.0 Å². The lowest BCUT2D eigenvalue weighted by Crippen LogP contribution is -2.30. The lowest BCUT2D eigenvalue weighted by Gasteiger charge is -2.18. The maximum absolute atomic E-state index is 12.8. The minimum absolute atomic E-state index is 0.0456. The predicted molar refractivity (Wildman–Crippen MR) is 107 cm³/mol. The SMILES string of the molecule is COc1ccc2c(CC(=O)NC(c3ccccc3)c3cccs3)coc2c1. The number of carbonyl (C=O) groups excluding carboxylic acids is 1. The molecule has 0 radical (unpaired) electrons. The minimum Gasteiger partial charge on any atom is -0.497 e. The van der Waals surface area contributed by atoms with Crippen LogP contribution in [-0.2, 0) is 11.2 Å². The van der Waals surface area contributed by atoms with Gasteiger partial charge in [0.25, 0.3) is 0 Å². The lowest BCUT2D eigenvalue weighted by atomic mass is 10.0.